The number of amides is 2. The molecule has 0 saturated carbocycles. The highest BCUT2D eigenvalue weighted by atomic mass is 19.1. The van der Waals surface area contributed by atoms with E-state index in [1.165, 1.54) is 26.4 Å². The lowest BCUT2D eigenvalue weighted by Gasteiger charge is -2.08. The summed E-state index contributed by atoms with van der Waals surface area (Å²) >= 11 is 0. The van der Waals surface area contributed by atoms with E-state index in [9.17, 15) is 14.0 Å². The third kappa shape index (κ3) is 4.47. The van der Waals surface area contributed by atoms with E-state index in [1.54, 1.807) is 0 Å². The van der Waals surface area contributed by atoms with Crippen LogP contribution in [0.5, 0.6) is 0 Å². The number of hydrogen-bond donors (Lipinski definition) is 3. The molecule has 0 unspecified atom stereocenters. The number of ether oxygens (including phenoxy) is 1. The Balaban J connectivity index is 2.53. The third-order valence-electron chi connectivity index (χ3n) is 2.41. The summed E-state index contributed by atoms with van der Waals surface area (Å²) in [6, 6.07) is 1.24. The Morgan fingerprint density at radius 1 is 1.40 bits per heavy atom. The van der Waals surface area contributed by atoms with E-state index in [2.05, 4.69) is 20.9 Å². The minimum atomic E-state index is -0.757. The number of nitrogens with one attached hydrogen (secondary N) is 3. The van der Waals surface area contributed by atoms with Gasteiger partial charge in [0.1, 0.15) is 0 Å². The van der Waals surface area contributed by atoms with Crippen LogP contribution < -0.4 is 16.0 Å². The zero-order valence-electron chi connectivity index (χ0n) is 11.3. The van der Waals surface area contributed by atoms with Crippen molar-refractivity contribution < 1.29 is 18.7 Å². The molecular formula is C12H17FN4O3. The lowest BCUT2D eigenvalue weighted by molar-refractivity contribution is -0.120. The predicted octanol–water partition coefficient (Wildman–Crippen LogP) is -0.245. The quantitative estimate of drug-likeness (QED) is 0.601. The first-order valence-corrected chi connectivity index (χ1v) is 5.96. The van der Waals surface area contributed by atoms with E-state index in [0.29, 0.717) is 13.2 Å². The van der Waals surface area contributed by atoms with Gasteiger partial charge < -0.3 is 20.7 Å². The zero-order chi connectivity index (χ0) is 15.0. The molecule has 20 heavy (non-hydrogen) atoms. The molecule has 0 aliphatic rings. The van der Waals surface area contributed by atoms with Gasteiger partial charge in [-0.05, 0) is 6.07 Å². The maximum absolute atomic E-state index is 13.8. The summed E-state index contributed by atoms with van der Waals surface area (Å²) in [6.45, 7) is 0.488. The average molecular weight is 284 g/mol. The van der Waals surface area contributed by atoms with E-state index < -0.39 is 11.7 Å². The molecule has 0 aliphatic heterocycles. The van der Waals surface area contributed by atoms with Crippen LogP contribution in [0, 0.1) is 5.82 Å². The molecule has 7 nitrogen and oxygen atoms in total. The summed E-state index contributed by atoms with van der Waals surface area (Å²) in [6.07, 6.45) is 1.31. The highest BCUT2D eigenvalue weighted by Crippen LogP contribution is 2.13. The second kappa shape index (κ2) is 8.05. The van der Waals surface area contributed by atoms with Crippen LogP contribution in [0.3, 0.4) is 0 Å². The molecule has 1 rings (SSSR count). The zero-order valence-corrected chi connectivity index (χ0v) is 11.3. The number of hydrogen-bond acceptors (Lipinski definition) is 5. The molecule has 0 aliphatic carbocycles. The number of methoxy groups -OCH3 is 1. The summed E-state index contributed by atoms with van der Waals surface area (Å²) in [5, 5.41) is 7.39. The van der Waals surface area contributed by atoms with Crippen molar-refractivity contribution in [1.29, 1.82) is 0 Å². The number of rotatable bonds is 7. The largest absolute Gasteiger partial charge is 0.383 e. The van der Waals surface area contributed by atoms with Crippen molar-refractivity contribution in [3.63, 3.8) is 0 Å². The number of aromatic nitrogens is 1. The topological polar surface area (TPSA) is 92.4 Å². The van der Waals surface area contributed by atoms with Crippen molar-refractivity contribution >= 4 is 17.6 Å². The Morgan fingerprint density at radius 3 is 2.80 bits per heavy atom. The van der Waals surface area contributed by atoms with Gasteiger partial charge in [-0.25, -0.2) is 9.37 Å². The lowest BCUT2D eigenvalue weighted by Crippen LogP contribution is -2.38. The number of halogens is 1. The van der Waals surface area contributed by atoms with Gasteiger partial charge in [-0.15, -0.1) is 0 Å². The number of anilines is 1. The van der Waals surface area contributed by atoms with Gasteiger partial charge in [-0.1, -0.05) is 0 Å². The number of nitrogens with zero attached hydrogens (tertiary/aromatic N) is 1. The fourth-order valence-electron chi connectivity index (χ4n) is 1.40. The van der Waals surface area contributed by atoms with E-state index >= 15 is 0 Å². The Labute approximate surface area is 115 Å². The minimum Gasteiger partial charge on any atom is -0.383 e. The highest BCUT2D eigenvalue weighted by Gasteiger charge is 2.15. The molecule has 1 aromatic rings. The van der Waals surface area contributed by atoms with Crippen molar-refractivity contribution in [2.45, 2.75) is 0 Å². The fraction of sp³-hybridized carbons (Fsp3) is 0.417. The molecule has 8 heteroatoms. The Morgan fingerprint density at radius 2 is 2.15 bits per heavy atom. The van der Waals surface area contributed by atoms with Crippen LogP contribution in [0.4, 0.5) is 10.2 Å². The Bertz CT molecular complexity index is 482. The van der Waals surface area contributed by atoms with Crippen molar-refractivity contribution in [2.24, 2.45) is 0 Å². The summed E-state index contributed by atoms with van der Waals surface area (Å²) in [4.78, 5) is 26.8. The van der Waals surface area contributed by atoms with Gasteiger partial charge in [0.15, 0.2) is 11.6 Å². The second-order valence-electron chi connectivity index (χ2n) is 3.80. The molecule has 0 aromatic carbocycles. The van der Waals surface area contributed by atoms with E-state index in [0.717, 1.165) is 0 Å². The molecule has 0 fully saturated rings. The number of pyridine rings is 1. The Kier molecular flexibility index (Phi) is 6.38. The van der Waals surface area contributed by atoms with E-state index in [-0.39, 0.29) is 23.8 Å². The third-order valence-corrected chi connectivity index (χ3v) is 2.41. The van der Waals surface area contributed by atoms with Gasteiger partial charge in [-0.3, -0.25) is 9.59 Å². The molecule has 1 aromatic heterocycles. The van der Waals surface area contributed by atoms with Gasteiger partial charge in [0, 0.05) is 26.9 Å². The van der Waals surface area contributed by atoms with Crippen LogP contribution in [0.2, 0.25) is 0 Å². The summed E-state index contributed by atoms with van der Waals surface area (Å²) in [5.74, 6) is -1.84. The van der Waals surface area contributed by atoms with Crippen LogP contribution >= 0.6 is 0 Å². The van der Waals surface area contributed by atoms with Gasteiger partial charge in [0.05, 0.1) is 18.7 Å². The smallest absolute Gasteiger partial charge is 0.254 e. The first-order chi connectivity index (χ1) is 9.60. The molecule has 1 heterocycles. The molecule has 0 radical (unpaired) electrons. The van der Waals surface area contributed by atoms with Gasteiger partial charge >= 0.3 is 0 Å². The van der Waals surface area contributed by atoms with Crippen molar-refractivity contribution in [2.75, 3.05) is 39.2 Å². The molecule has 110 valence electrons. The summed E-state index contributed by atoms with van der Waals surface area (Å²) in [7, 11) is 3.01. The highest BCUT2D eigenvalue weighted by molar-refractivity contribution is 5.97. The van der Waals surface area contributed by atoms with Crippen LogP contribution in [-0.4, -0.2) is 50.7 Å². The first kappa shape index (κ1) is 15.8. The molecule has 0 saturated heterocycles. The SMILES string of the molecule is CNc1nccc(C(=O)NCC(=O)NCCOC)c1F. The average Bonchev–Trinajstić information content (AvgIpc) is 2.45. The van der Waals surface area contributed by atoms with Gasteiger partial charge in [0.2, 0.25) is 5.91 Å². The lowest BCUT2D eigenvalue weighted by atomic mass is 10.2. The predicted molar refractivity (Wildman–Crippen MR) is 71.0 cm³/mol. The maximum atomic E-state index is 13.8. The molecule has 0 spiro atoms. The minimum absolute atomic E-state index is 0.0257. The van der Waals surface area contributed by atoms with E-state index in [1.807, 2.05) is 0 Å². The Hall–Kier alpha value is -2.22. The summed E-state index contributed by atoms with van der Waals surface area (Å²) in [5.41, 5.74) is -0.172. The number of carbonyl (C=O) groups is 2. The normalized spacial score (nSPS) is 9.95. The van der Waals surface area contributed by atoms with Crippen LogP contribution in [0.15, 0.2) is 12.3 Å². The van der Waals surface area contributed by atoms with E-state index in [4.69, 9.17) is 4.74 Å². The van der Waals surface area contributed by atoms with Crippen molar-refractivity contribution in [1.82, 2.24) is 15.6 Å². The number of carbonyl (C=O) groups excluding carboxylic acids is 2. The monoisotopic (exact) mass is 284 g/mol. The molecular weight excluding hydrogens is 267 g/mol. The van der Waals surface area contributed by atoms with Gasteiger partial charge in [0.25, 0.3) is 5.91 Å². The standard InChI is InChI=1S/C12H17FN4O3/c1-14-11-10(13)8(3-4-16-11)12(19)17-7-9(18)15-5-6-20-2/h3-4H,5-7H2,1-2H3,(H,14,16)(H,15,18)(H,17,19). The van der Waals surface area contributed by atoms with Crippen molar-refractivity contribution in [3.05, 3.63) is 23.6 Å². The summed E-state index contributed by atoms with van der Waals surface area (Å²) < 4.78 is 18.6. The first-order valence-electron chi connectivity index (χ1n) is 5.96. The maximum Gasteiger partial charge on any atom is 0.254 e. The van der Waals surface area contributed by atoms with Crippen LogP contribution in [0.1, 0.15) is 10.4 Å². The molecule has 3 N–H and O–H groups in total. The van der Waals surface area contributed by atoms with Crippen LogP contribution in [0.25, 0.3) is 0 Å². The molecule has 0 atom stereocenters. The fourth-order valence-corrected chi connectivity index (χ4v) is 1.40. The van der Waals surface area contributed by atoms with Crippen molar-refractivity contribution in [3.8, 4) is 0 Å². The van der Waals surface area contributed by atoms with Crippen LogP contribution in [-0.2, 0) is 9.53 Å². The van der Waals surface area contributed by atoms with Gasteiger partial charge in [-0.2, -0.15) is 0 Å². The second-order valence-corrected chi connectivity index (χ2v) is 3.80. The molecule has 0 bridgehead atoms. The molecule has 2 amide bonds.